The Morgan fingerprint density at radius 1 is 1.13 bits per heavy atom. The minimum absolute atomic E-state index is 0.00861. The van der Waals surface area contributed by atoms with Crippen LogP contribution >= 0.6 is 68.4 Å². The summed E-state index contributed by atoms with van der Waals surface area (Å²) in [6, 6.07) is 10.3. The molecule has 0 saturated heterocycles. The molecule has 1 amide bonds. The highest BCUT2D eigenvalue weighted by Gasteiger charge is 2.36. The van der Waals surface area contributed by atoms with Crippen LogP contribution in [0.2, 0.25) is 10.0 Å². The highest BCUT2D eigenvalue weighted by atomic mass is 127. The van der Waals surface area contributed by atoms with Crippen LogP contribution < -0.4 is 4.74 Å². The maximum Gasteiger partial charge on any atom is 0.416 e. The van der Waals surface area contributed by atoms with Gasteiger partial charge in [0.2, 0.25) is 5.91 Å². The standard InChI is InChI=1S/C27H18Cl2F3I2NO4/c28-18-6-5-15(20(29)11-18)13-39-25-21(33)9-16-10-22(26(37)38)35(12-19(16)24(25)34)23(36)7-4-14-2-1-3-17(8-14)27(30,31)32/h1-9,11,22H,10,12-13H2,(H,37,38)/b7-4+/t22-/m0/s1. The van der Waals surface area contributed by atoms with Gasteiger partial charge in [-0.2, -0.15) is 13.2 Å². The number of halogens is 7. The molecule has 1 N–H and O–H groups in total. The molecule has 0 radical (unpaired) electrons. The average molecular weight is 802 g/mol. The summed E-state index contributed by atoms with van der Waals surface area (Å²) >= 11 is 16.5. The van der Waals surface area contributed by atoms with Gasteiger partial charge >= 0.3 is 12.1 Å². The highest BCUT2D eigenvalue weighted by Crippen LogP contribution is 2.38. The number of carboxylic acids is 1. The molecular weight excluding hydrogens is 784 g/mol. The molecular formula is C27H18Cl2F3I2NO4. The lowest BCUT2D eigenvalue weighted by molar-refractivity contribution is -0.149. The first-order chi connectivity index (χ1) is 18.3. The van der Waals surface area contributed by atoms with Crippen LogP contribution in [0, 0.1) is 7.14 Å². The summed E-state index contributed by atoms with van der Waals surface area (Å²) in [4.78, 5) is 26.4. The number of alkyl halides is 3. The smallest absolute Gasteiger partial charge is 0.416 e. The van der Waals surface area contributed by atoms with Crippen molar-refractivity contribution in [2.24, 2.45) is 0 Å². The fraction of sp³-hybridized carbons (Fsp3) is 0.185. The second-order valence-corrected chi connectivity index (χ2v) is 11.7. The van der Waals surface area contributed by atoms with Crippen LogP contribution in [0.25, 0.3) is 6.08 Å². The first kappa shape index (κ1) is 29.9. The Kier molecular flexibility index (Phi) is 9.39. The van der Waals surface area contributed by atoms with Gasteiger partial charge in [-0.05, 0) is 98.3 Å². The Bertz CT molecular complexity index is 1480. The summed E-state index contributed by atoms with van der Waals surface area (Å²) in [6.45, 7) is 0.159. The zero-order valence-corrected chi connectivity index (χ0v) is 25.6. The van der Waals surface area contributed by atoms with Gasteiger partial charge in [0.05, 0.1) is 12.7 Å². The molecule has 1 atom stereocenters. The molecule has 3 aromatic carbocycles. The van der Waals surface area contributed by atoms with Crippen molar-refractivity contribution < 1.29 is 32.6 Å². The van der Waals surface area contributed by atoms with Crippen molar-refractivity contribution in [3.05, 3.63) is 99.6 Å². The Morgan fingerprint density at radius 3 is 2.54 bits per heavy atom. The van der Waals surface area contributed by atoms with Crippen LogP contribution in [0.15, 0.2) is 54.6 Å². The van der Waals surface area contributed by atoms with Crippen molar-refractivity contribution in [3.63, 3.8) is 0 Å². The van der Waals surface area contributed by atoms with Crippen LogP contribution in [0.1, 0.15) is 27.8 Å². The number of nitrogens with zero attached hydrogens (tertiary/aromatic N) is 1. The van der Waals surface area contributed by atoms with Crippen molar-refractivity contribution in [2.45, 2.75) is 31.8 Å². The third kappa shape index (κ3) is 7.01. The molecule has 12 heteroatoms. The van der Waals surface area contributed by atoms with Gasteiger partial charge in [-0.15, -0.1) is 0 Å². The molecule has 0 saturated carbocycles. The first-order valence-electron chi connectivity index (χ1n) is 11.3. The normalized spacial score (nSPS) is 15.4. The average Bonchev–Trinajstić information content (AvgIpc) is 2.87. The second-order valence-electron chi connectivity index (χ2n) is 8.64. The number of ether oxygens (including phenoxy) is 1. The first-order valence-corrected chi connectivity index (χ1v) is 14.2. The fourth-order valence-electron chi connectivity index (χ4n) is 4.10. The van der Waals surface area contributed by atoms with Gasteiger partial charge in [0.1, 0.15) is 18.4 Å². The molecule has 1 aliphatic heterocycles. The molecule has 0 aromatic heterocycles. The van der Waals surface area contributed by atoms with Gasteiger partial charge in [-0.3, -0.25) is 4.79 Å². The summed E-state index contributed by atoms with van der Waals surface area (Å²) in [6.07, 6.45) is -2.11. The number of rotatable bonds is 6. The summed E-state index contributed by atoms with van der Waals surface area (Å²) in [5.41, 5.74) is 1.57. The fourth-order valence-corrected chi connectivity index (χ4v) is 6.84. The Morgan fingerprint density at radius 2 is 1.87 bits per heavy atom. The van der Waals surface area contributed by atoms with E-state index in [9.17, 15) is 27.9 Å². The van der Waals surface area contributed by atoms with Gasteiger partial charge < -0.3 is 14.7 Å². The molecule has 0 spiro atoms. The monoisotopic (exact) mass is 801 g/mol. The molecule has 1 heterocycles. The number of carbonyl (C=O) groups is 2. The lowest BCUT2D eigenvalue weighted by Gasteiger charge is -2.35. The largest absolute Gasteiger partial charge is 0.487 e. The molecule has 5 nitrogen and oxygen atoms in total. The minimum atomic E-state index is -4.52. The van der Waals surface area contributed by atoms with Gasteiger partial charge in [-0.25, -0.2) is 4.79 Å². The van der Waals surface area contributed by atoms with Gasteiger partial charge in [0, 0.05) is 34.7 Å². The van der Waals surface area contributed by atoms with Crippen molar-refractivity contribution in [3.8, 4) is 5.75 Å². The molecule has 1 aliphatic rings. The van der Waals surface area contributed by atoms with E-state index in [1.165, 1.54) is 23.1 Å². The third-order valence-corrected chi connectivity index (χ3v) is 8.60. The number of fused-ring (bicyclic) bond motifs is 1. The predicted molar refractivity (Wildman–Crippen MR) is 159 cm³/mol. The van der Waals surface area contributed by atoms with Crippen LogP contribution in [0.5, 0.6) is 5.75 Å². The van der Waals surface area contributed by atoms with E-state index in [0.29, 0.717) is 15.8 Å². The number of aliphatic carboxylic acids is 1. The van der Waals surface area contributed by atoms with E-state index in [1.54, 1.807) is 18.2 Å². The van der Waals surface area contributed by atoms with Crippen molar-refractivity contribution >= 4 is 86.3 Å². The van der Waals surface area contributed by atoms with Gasteiger partial charge in [0.25, 0.3) is 0 Å². The number of carboxylic acid groups (broad SMARTS) is 1. The number of hydrogen-bond acceptors (Lipinski definition) is 3. The van der Waals surface area contributed by atoms with E-state index >= 15 is 0 Å². The van der Waals surface area contributed by atoms with Crippen LogP contribution in [-0.4, -0.2) is 27.9 Å². The van der Waals surface area contributed by atoms with Gasteiger partial charge in [0.15, 0.2) is 0 Å². The number of amides is 1. The predicted octanol–water partition coefficient (Wildman–Crippen LogP) is 7.85. The lowest BCUT2D eigenvalue weighted by atomic mass is 9.93. The summed E-state index contributed by atoms with van der Waals surface area (Å²) in [5.74, 6) is -1.24. The van der Waals surface area contributed by atoms with E-state index in [0.717, 1.165) is 42.0 Å². The molecule has 0 fully saturated rings. The topological polar surface area (TPSA) is 66.8 Å². The number of benzene rings is 3. The second kappa shape index (κ2) is 12.2. The number of hydrogen-bond donors (Lipinski definition) is 1. The molecule has 204 valence electrons. The summed E-state index contributed by atoms with van der Waals surface area (Å²) in [5, 5.41) is 10.8. The van der Waals surface area contributed by atoms with Gasteiger partial charge in [-0.1, -0.05) is 41.4 Å². The lowest BCUT2D eigenvalue weighted by Crippen LogP contribution is -2.48. The van der Waals surface area contributed by atoms with E-state index in [1.807, 2.05) is 6.07 Å². The molecule has 3 aromatic rings. The van der Waals surface area contributed by atoms with Crippen LogP contribution in [0.3, 0.4) is 0 Å². The molecule has 4 rings (SSSR count). The zero-order valence-electron chi connectivity index (χ0n) is 19.7. The van der Waals surface area contributed by atoms with Crippen LogP contribution in [-0.2, 0) is 35.3 Å². The third-order valence-electron chi connectivity index (χ3n) is 6.08. The Balaban J connectivity index is 1.60. The Labute approximate surface area is 259 Å². The summed E-state index contributed by atoms with van der Waals surface area (Å²) < 4.78 is 46.7. The maximum absolute atomic E-state index is 13.1. The van der Waals surface area contributed by atoms with Crippen LogP contribution in [0.4, 0.5) is 13.2 Å². The quantitative estimate of drug-likeness (QED) is 0.204. The summed E-state index contributed by atoms with van der Waals surface area (Å²) in [7, 11) is 0. The number of carbonyl (C=O) groups excluding carboxylic acids is 1. The highest BCUT2D eigenvalue weighted by molar-refractivity contribution is 14.1. The minimum Gasteiger partial charge on any atom is -0.487 e. The van der Waals surface area contributed by atoms with E-state index in [2.05, 4.69) is 45.2 Å². The Hall–Kier alpha value is -2.03. The molecule has 0 unspecified atom stereocenters. The van der Waals surface area contributed by atoms with E-state index in [-0.39, 0.29) is 25.1 Å². The van der Waals surface area contributed by atoms with Crippen molar-refractivity contribution in [1.82, 2.24) is 4.90 Å². The zero-order chi connectivity index (χ0) is 28.5. The van der Waals surface area contributed by atoms with E-state index in [4.69, 9.17) is 27.9 Å². The van der Waals surface area contributed by atoms with Crippen molar-refractivity contribution in [1.29, 1.82) is 0 Å². The molecule has 0 aliphatic carbocycles. The molecule has 39 heavy (non-hydrogen) atoms. The SMILES string of the molecule is O=C(O)[C@@H]1Cc2cc(I)c(OCc3ccc(Cl)cc3Cl)c(I)c2CN1C(=O)/C=C/c1cccc(C(F)(F)F)c1. The van der Waals surface area contributed by atoms with E-state index < -0.39 is 29.7 Å². The van der Waals surface area contributed by atoms with Crippen molar-refractivity contribution in [2.75, 3.05) is 0 Å². The molecule has 0 bridgehead atoms. The maximum atomic E-state index is 13.1.